The van der Waals surface area contributed by atoms with Gasteiger partial charge in [-0.2, -0.15) is 13.2 Å². The van der Waals surface area contributed by atoms with Crippen molar-refractivity contribution in [3.05, 3.63) is 35.4 Å². The highest BCUT2D eigenvalue weighted by atomic mass is 19.4. The third kappa shape index (κ3) is 3.74. The fourth-order valence-electron chi connectivity index (χ4n) is 1.12. The van der Waals surface area contributed by atoms with Crippen LogP contribution in [0.1, 0.15) is 15.9 Å². The van der Waals surface area contributed by atoms with Crippen LogP contribution < -0.4 is 16.6 Å². The quantitative estimate of drug-likeness (QED) is 0.419. The van der Waals surface area contributed by atoms with E-state index in [4.69, 9.17) is 5.84 Å². The molecule has 1 aromatic carbocycles. The van der Waals surface area contributed by atoms with E-state index in [0.29, 0.717) is 0 Å². The zero-order valence-corrected chi connectivity index (χ0v) is 9.04. The van der Waals surface area contributed by atoms with Gasteiger partial charge in [-0.15, -0.1) is 0 Å². The Bertz CT molecular complexity index is 443. The minimum Gasteiger partial charge on any atom is -0.343 e. The Morgan fingerprint density at radius 3 is 2.17 bits per heavy atom. The van der Waals surface area contributed by atoms with Gasteiger partial charge in [0.2, 0.25) is 0 Å². The maximum atomic E-state index is 12.3. The molecule has 8 heteroatoms. The Morgan fingerprint density at radius 2 is 1.72 bits per heavy atom. The number of nitrogens with one attached hydrogen (secondary N) is 2. The molecule has 98 valence electrons. The van der Waals surface area contributed by atoms with E-state index in [1.54, 1.807) is 5.43 Å². The molecule has 1 aromatic rings. The number of halogens is 3. The average Bonchev–Trinajstić information content (AvgIpc) is 2.34. The third-order valence-electron chi connectivity index (χ3n) is 2.04. The molecule has 5 nitrogen and oxygen atoms in total. The lowest BCUT2D eigenvalue weighted by Gasteiger charge is -2.07. The summed E-state index contributed by atoms with van der Waals surface area (Å²) in [6.07, 6.45) is -4.45. The smallest absolute Gasteiger partial charge is 0.343 e. The summed E-state index contributed by atoms with van der Waals surface area (Å²) < 4.78 is 36.8. The molecule has 0 aromatic heterocycles. The topological polar surface area (TPSA) is 84.2 Å². The van der Waals surface area contributed by atoms with Gasteiger partial charge in [0.1, 0.15) is 0 Å². The molecule has 0 atom stereocenters. The zero-order chi connectivity index (χ0) is 13.8. The van der Waals surface area contributed by atoms with Crippen LogP contribution in [0.3, 0.4) is 0 Å². The molecule has 0 saturated heterocycles. The molecule has 0 radical (unpaired) electrons. The zero-order valence-electron chi connectivity index (χ0n) is 9.04. The van der Waals surface area contributed by atoms with Gasteiger partial charge < -0.3 is 5.32 Å². The highest BCUT2D eigenvalue weighted by Crippen LogP contribution is 2.28. The van der Waals surface area contributed by atoms with Crippen molar-refractivity contribution in [1.82, 2.24) is 10.7 Å². The summed E-state index contributed by atoms with van der Waals surface area (Å²) in [5, 5.41) is 2.20. The Hall–Kier alpha value is -2.09. The third-order valence-corrected chi connectivity index (χ3v) is 2.04. The molecule has 18 heavy (non-hydrogen) atoms. The molecule has 2 amide bonds. The van der Waals surface area contributed by atoms with Crippen molar-refractivity contribution in [2.75, 3.05) is 6.54 Å². The first-order valence-electron chi connectivity index (χ1n) is 4.79. The summed E-state index contributed by atoms with van der Waals surface area (Å²) >= 11 is 0. The highest BCUT2D eigenvalue weighted by molar-refractivity contribution is 5.96. The van der Waals surface area contributed by atoms with Crippen LogP contribution >= 0.6 is 0 Å². The van der Waals surface area contributed by atoms with E-state index < -0.39 is 23.6 Å². The van der Waals surface area contributed by atoms with Gasteiger partial charge >= 0.3 is 6.18 Å². The predicted molar refractivity (Wildman–Crippen MR) is 56.1 cm³/mol. The minimum atomic E-state index is -4.45. The normalized spacial score (nSPS) is 10.9. The lowest BCUT2D eigenvalue weighted by atomic mass is 10.1. The first-order valence-corrected chi connectivity index (χ1v) is 4.79. The van der Waals surface area contributed by atoms with Gasteiger partial charge in [0, 0.05) is 5.56 Å². The van der Waals surface area contributed by atoms with Gasteiger partial charge in [-0.3, -0.25) is 15.0 Å². The first-order chi connectivity index (χ1) is 8.34. The van der Waals surface area contributed by atoms with Gasteiger partial charge in [-0.1, -0.05) is 0 Å². The van der Waals surface area contributed by atoms with Crippen LogP contribution in [-0.2, 0) is 11.0 Å². The van der Waals surface area contributed by atoms with Gasteiger partial charge in [0.15, 0.2) is 0 Å². The van der Waals surface area contributed by atoms with E-state index in [1.165, 1.54) is 0 Å². The van der Waals surface area contributed by atoms with Crippen molar-refractivity contribution in [2.24, 2.45) is 5.84 Å². The van der Waals surface area contributed by atoms with E-state index >= 15 is 0 Å². The molecule has 0 unspecified atom stereocenters. The largest absolute Gasteiger partial charge is 0.416 e. The molecule has 0 aliphatic carbocycles. The SMILES string of the molecule is NNC(=O)CNC(=O)c1ccc(C(F)(F)F)cc1. The van der Waals surface area contributed by atoms with Gasteiger partial charge in [-0.05, 0) is 24.3 Å². The number of carbonyl (C=O) groups is 2. The van der Waals surface area contributed by atoms with Crippen LogP contribution in [0.4, 0.5) is 13.2 Å². The number of hydrogen-bond donors (Lipinski definition) is 3. The van der Waals surface area contributed by atoms with Gasteiger partial charge in [0.05, 0.1) is 12.1 Å². The average molecular weight is 261 g/mol. The van der Waals surface area contributed by atoms with Crippen LogP contribution in [0.5, 0.6) is 0 Å². The number of hydrazine groups is 1. The maximum absolute atomic E-state index is 12.3. The lowest BCUT2D eigenvalue weighted by molar-refractivity contribution is -0.137. The number of benzene rings is 1. The van der Waals surface area contributed by atoms with Crippen LogP contribution in [0, 0.1) is 0 Å². The van der Waals surface area contributed by atoms with E-state index in [0.717, 1.165) is 24.3 Å². The van der Waals surface area contributed by atoms with Crippen molar-refractivity contribution in [1.29, 1.82) is 0 Å². The molecule has 0 bridgehead atoms. The van der Waals surface area contributed by atoms with Crippen LogP contribution in [0.25, 0.3) is 0 Å². The van der Waals surface area contributed by atoms with Crippen LogP contribution in [-0.4, -0.2) is 18.4 Å². The van der Waals surface area contributed by atoms with Crippen molar-refractivity contribution in [2.45, 2.75) is 6.18 Å². The maximum Gasteiger partial charge on any atom is 0.416 e. The Balaban J connectivity index is 2.68. The number of nitrogens with two attached hydrogens (primary N) is 1. The van der Waals surface area contributed by atoms with Gasteiger partial charge in [0.25, 0.3) is 11.8 Å². The van der Waals surface area contributed by atoms with Gasteiger partial charge in [-0.25, -0.2) is 5.84 Å². The summed E-state index contributed by atoms with van der Waals surface area (Å²) in [5.41, 5.74) is 0.971. The van der Waals surface area contributed by atoms with E-state index in [9.17, 15) is 22.8 Å². The second-order valence-electron chi connectivity index (χ2n) is 3.33. The number of carbonyl (C=O) groups excluding carboxylic acids is 2. The Labute approximate surface area is 100 Å². The molecule has 4 N–H and O–H groups in total. The summed E-state index contributed by atoms with van der Waals surface area (Å²) in [7, 11) is 0. The van der Waals surface area contributed by atoms with E-state index in [1.807, 2.05) is 0 Å². The molecule has 0 fully saturated rings. The molecular formula is C10H10F3N3O2. The number of amides is 2. The molecule has 0 aliphatic rings. The van der Waals surface area contributed by atoms with E-state index in [2.05, 4.69) is 5.32 Å². The Morgan fingerprint density at radius 1 is 1.17 bits per heavy atom. The number of alkyl halides is 3. The van der Waals surface area contributed by atoms with Crippen molar-refractivity contribution >= 4 is 11.8 Å². The summed E-state index contributed by atoms with van der Waals surface area (Å²) in [6.45, 7) is -0.351. The van der Waals surface area contributed by atoms with Crippen molar-refractivity contribution in [3.63, 3.8) is 0 Å². The lowest BCUT2D eigenvalue weighted by Crippen LogP contribution is -2.40. The molecule has 1 rings (SSSR count). The second kappa shape index (κ2) is 5.50. The summed E-state index contributed by atoms with van der Waals surface area (Å²) in [5.74, 6) is 3.51. The first kappa shape index (κ1) is 14.0. The molecule has 0 aliphatic heterocycles. The molecular weight excluding hydrogens is 251 g/mol. The number of rotatable bonds is 3. The highest BCUT2D eigenvalue weighted by Gasteiger charge is 2.30. The van der Waals surface area contributed by atoms with E-state index in [-0.39, 0.29) is 12.1 Å². The molecule has 0 saturated carbocycles. The second-order valence-corrected chi connectivity index (χ2v) is 3.33. The molecule has 0 spiro atoms. The standard InChI is InChI=1S/C10H10F3N3O2/c11-10(12,13)7-3-1-6(2-4-7)9(18)15-5-8(17)16-14/h1-4H,5,14H2,(H,15,18)(H,16,17). The summed E-state index contributed by atoms with van der Waals surface area (Å²) in [6, 6.07) is 3.63. The van der Waals surface area contributed by atoms with Crippen LogP contribution in [0.15, 0.2) is 24.3 Å². The summed E-state index contributed by atoms with van der Waals surface area (Å²) in [4.78, 5) is 22.1. The predicted octanol–water partition coefficient (Wildman–Crippen LogP) is 0.425. The van der Waals surface area contributed by atoms with Crippen molar-refractivity contribution in [3.8, 4) is 0 Å². The Kier molecular flexibility index (Phi) is 4.27. The van der Waals surface area contributed by atoms with Crippen molar-refractivity contribution < 1.29 is 22.8 Å². The van der Waals surface area contributed by atoms with Crippen LogP contribution in [0.2, 0.25) is 0 Å². The fraction of sp³-hybridized carbons (Fsp3) is 0.200. The fourth-order valence-corrected chi connectivity index (χ4v) is 1.12. The monoisotopic (exact) mass is 261 g/mol. The number of hydrogen-bond acceptors (Lipinski definition) is 3. The minimum absolute atomic E-state index is 0.0211. The molecule has 0 heterocycles.